The van der Waals surface area contributed by atoms with Crippen molar-refractivity contribution in [3.63, 3.8) is 0 Å². The first-order valence-electron chi connectivity index (χ1n) is 5.99. The lowest BCUT2D eigenvalue weighted by atomic mass is 10.3. The van der Waals surface area contributed by atoms with Gasteiger partial charge in [-0.25, -0.2) is 9.37 Å². The summed E-state index contributed by atoms with van der Waals surface area (Å²) in [5, 5.41) is 2.53. The fourth-order valence-electron chi connectivity index (χ4n) is 1.88. The summed E-state index contributed by atoms with van der Waals surface area (Å²) in [6.45, 7) is 2.01. The Labute approximate surface area is 117 Å². The van der Waals surface area contributed by atoms with Crippen molar-refractivity contribution in [3.05, 3.63) is 57.2 Å². The minimum Gasteiger partial charge on any atom is -0.486 e. The maximum atomic E-state index is 12.8. The summed E-state index contributed by atoms with van der Waals surface area (Å²) in [6, 6.07) is 5.69. The number of H-pyrrole nitrogens is 1. The second-order valence-electron chi connectivity index (χ2n) is 4.35. The van der Waals surface area contributed by atoms with E-state index in [9.17, 15) is 9.18 Å². The molecule has 2 aromatic heterocycles. The van der Waals surface area contributed by atoms with Crippen LogP contribution in [-0.2, 0) is 6.61 Å². The Morgan fingerprint density at radius 1 is 1.35 bits per heavy atom. The molecule has 6 heteroatoms. The van der Waals surface area contributed by atoms with E-state index in [1.54, 1.807) is 0 Å². The second-order valence-corrected chi connectivity index (χ2v) is 5.21. The number of hydrogen-bond acceptors (Lipinski definition) is 4. The van der Waals surface area contributed by atoms with Crippen molar-refractivity contribution in [2.45, 2.75) is 13.5 Å². The third kappa shape index (κ3) is 2.42. The van der Waals surface area contributed by atoms with E-state index in [1.807, 2.05) is 12.3 Å². The highest BCUT2D eigenvalue weighted by atomic mass is 32.1. The highest BCUT2D eigenvalue weighted by molar-refractivity contribution is 7.16. The molecule has 0 amide bonds. The lowest BCUT2D eigenvalue weighted by Gasteiger charge is -2.05. The van der Waals surface area contributed by atoms with Crippen molar-refractivity contribution >= 4 is 21.6 Å². The summed E-state index contributed by atoms with van der Waals surface area (Å²) < 4.78 is 18.2. The minimum absolute atomic E-state index is 0.133. The molecular weight excluding hydrogens is 279 g/mol. The molecule has 20 heavy (non-hydrogen) atoms. The number of aromatic amines is 1. The van der Waals surface area contributed by atoms with Crippen LogP contribution in [0.2, 0.25) is 0 Å². The van der Waals surface area contributed by atoms with E-state index < -0.39 is 0 Å². The van der Waals surface area contributed by atoms with Crippen LogP contribution in [-0.4, -0.2) is 9.97 Å². The van der Waals surface area contributed by atoms with Gasteiger partial charge in [0.15, 0.2) is 0 Å². The molecule has 0 saturated heterocycles. The number of nitrogens with zero attached hydrogens (tertiary/aromatic N) is 1. The molecule has 0 spiro atoms. The summed E-state index contributed by atoms with van der Waals surface area (Å²) >= 11 is 1.43. The maximum Gasteiger partial charge on any atom is 0.260 e. The van der Waals surface area contributed by atoms with Crippen molar-refractivity contribution in [1.29, 1.82) is 0 Å². The predicted octanol–water partition coefficient (Wildman–Crippen LogP) is 3.01. The SMILES string of the molecule is Cc1csc2nc(COc3ccc(F)cc3)[nH]c(=O)c12. The molecule has 0 aliphatic carbocycles. The molecule has 0 aliphatic heterocycles. The molecule has 0 bridgehead atoms. The third-order valence-corrected chi connectivity index (χ3v) is 3.86. The first-order valence-corrected chi connectivity index (χ1v) is 6.87. The number of ether oxygens (including phenoxy) is 1. The van der Waals surface area contributed by atoms with E-state index in [0.29, 0.717) is 21.8 Å². The van der Waals surface area contributed by atoms with Gasteiger partial charge < -0.3 is 9.72 Å². The third-order valence-electron chi connectivity index (χ3n) is 2.87. The van der Waals surface area contributed by atoms with Gasteiger partial charge in [0.2, 0.25) is 0 Å². The van der Waals surface area contributed by atoms with Gasteiger partial charge in [0.05, 0.1) is 5.39 Å². The van der Waals surface area contributed by atoms with Crippen molar-refractivity contribution in [1.82, 2.24) is 9.97 Å². The van der Waals surface area contributed by atoms with Crippen LogP contribution < -0.4 is 10.3 Å². The van der Waals surface area contributed by atoms with Gasteiger partial charge in [-0.15, -0.1) is 11.3 Å². The molecule has 0 fully saturated rings. The van der Waals surface area contributed by atoms with E-state index in [4.69, 9.17) is 4.74 Å². The Morgan fingerprint density at radius 2 is 2.10 bits per heavy atom. The molecule has 0 aliphatic rings. The molecule has 102 valence electrons. The first-order chi connectivity index (χ1) is 9.63. The van der Waals surface area contributed by atoms with Crippen LogP contribution >= 0.6 is 11.3 Å². The molecular formula is C14H11FN2O2S. The smallest absolute Gasteiger partial charge is 0.260 e. The van der Waals surface area contributed by atoms with Crippen molar-refractivity contribution in [2.24, 2.45) is 0 Å². The molecule has 3 rings (SSSR count). The van der Waals surface area contributed by atoms with E-state index >= 15 is 0 Å². The summed E-state index contributed by atoms with van der Waals surface area (Å²) in [7, 11) is 0. The van der Waals surface area contributed by atoms with Gasteiger partial charge in [-0.3, -0.25) is 4.79 Å². The number of hydrogen-bond donors (Lipinski definition) is 1. The van der Waals surface area contributed by atoms with Crippen LogP contribution in [0.1, 0.15) is 11.4 Å². The zero-order valence-corrected chi connectivity index (χ0v) is 11.5. The average Bonchev–Trinajstić information content (AvgIpc) is 2.80. The molecule has 4 nitrogen and oxygen atoms in total. The van der Waals surface area contributed by atoms with E-state index in [1.165, 1.54) is 35.6 Å². The number of benzene rings is 1. The predicted molar refractivity (Wildman–Crippen MR) is 75.7 cm³/mol. The molecule has 0 saturated carbocycles. The molecule has 0 atom stereocenters. The number of nitrogens with one attached hydrogen (secondary N) is 1. The van der Waals surface area contributed by atoms with Gasteiger partial charge in [0, 0.05) is 0 Å². The molecule has 1 N–H and O–H groups in total. The molecule has 1 aromatic carbocycles. The summed E-state index contributed by atoms with van der Waals surface area (Å²) in [6.07, 6.45) is 0. The number of aryl methyl sites for hydroxylation is 1. The van der Waals surface area contributed by atoms with E-state index in [-0.39, 0.29) is 18.0 Å². The molecule has 3 aromatic rings. The highest BCUT2D eigenvalue weighted by Gasteiger charge is 2.08. The Balaban J connectivity index is 1.84. The quantitative estimate of drug-likeness (QED) is 0.806. The Hall–Kier alpha value is -2.21. The zero-order chi connectivity index (χ0) is 14.1. The summed E-state index contributed by atoms with van der Waals surface area (Å²) in [4.78, 5) is 19.7. The summed E-state index contributed by atoms with van der Waals surface area (Å²) in [5.41, 5.74) is 0.760. The first kappa shape index (κ1) is 12.8. The van der Waals surface area contributed by atoms with Crippen LogP contribution in [0.3, 0.4) is 0 Å². The fourth-order valence-corrected chi connectivity index (χ4v) is 2.82. The monoisotopic (exact) mass is 290 g/mol. The highest BCUT2D eigenvalue weighted by Crippen LogP contribution is 2.20. The van der Waals surface area contributed by atoms with Gasteiger partial charge in [-0.1, -0.05) is 0 Å². The number of rotatable bonds is 3. The van der Waals surface area contributed by atoms with Crippen molar-refractivity contribution in [2.75, 3.05) is 0 Å². The second kappa shape index (κ2) is 5.05. The average molecular weight is 290 g/mol. The molecule has 0 unspecified atom stereocenters. The van der Waals surface area contributed by atoms with Crippen LogP contribution in [0.15, 0.2) is 34.4 Å². The van der Waals surface area contributed by atoms with E-state index in [2.05, 4.69) is 9.97 Å². The van der Waals surface area contributed by atoms with Gasteiger partial charge in [0.1, 0.15) is 28.8 Å². The van der Waals surface area contributed by atoms with Crippen molar-refractivity contribution < 1.29 is 9.13 Å². The Bertz CT molecular complexity index is 808. The number of thiophene rings is 1. The Kier molecular flexibility index (Phi) is 3.23. The van der Waals surface area contributed by atoms with E-state index in [0.717, 1.165) is 5.56 Å². The van der Waals surface area contributed by atoms with Crippen LogP contribution in [0, 0.1) is 12.7 Å². The van der Waals surface area contributed by atoms with Gasteiger partial charge >= 0.3 is 0 Å². The molecule has 2 heterocycles. The minimum atomic E-state index is -0.320. The van der Waals surface area contributed by atoms with Gasteiger partial charge in [-0.2, -0.15) is 0 Å². The lowest BCUT2D eigenvalue weighted by Crippen LogP contribution is -2.13. The fraction of sp³-hybridized carbons (Fsp3) is 0.143. The number of halogens is 1. The Morgan fingerprint density at radius 3 is 2.85 bits per heavy atom. The summed E-state index contributed by atoms with van der Waals surface area (Å²) in [5.74, 6) is 0.657. The number of fused-ring (bicyclic) bond motifs is 1. The van der Waals surface area contributed by atoms with Gasteiger partial charge in [-0.05, 0) is 42.1 Å². The maximum absolute atomic E-state index is 12.8. The van der Waals surface area contributed by atoms with Crippen LogP contribution in [0.5, 0.6) is 5.75 Å². The topological polar surface area (TPSA) is 55.0 Å². The standard InChI is InChI=1S/C14H11FN2O2S/c1-8-7-20-14-12(8)13(18)16-11(17-14)6-19-10-4-2-9(15)3-5-10/h2-5,7H,6H2,1H3,(H,16,17,18). The number of aromatic nitrogens is 2. The van der Waals surface area contributed by atoms with Crippen LogP contribution in [0.4, 0.5) is 4.39 Å². The van der Waals surface area contributed by atoms with Crippen molar-refractivity contribution in [3.8, 4) is 5.75 Å². The largest absolute Gasteiger partial charge is 0.486 e. The molecule has 0 radical (unpaired) electrons. The lowest BCUT2D eigenvalue weighted by molar-refractivity contribution is 0.295. The zero-order valence-electron chi connectivity index (χ0n) is 10.6. The van der Waals surface area contributed by atoms with Crippen LogP contribution in [0.25, 0.3) is 10.2 Å². The normalized spacial score (nSPS) is 10.9. The van der Waals surface area contributed by atoms with Gasteiger partial charge in [0.25, 0.3) is 5.56 Å².